The first kappa shape index (κ1) is 10.3. The van der Waals surface area contributed by atoms with Gasteiger partial charge in [-0.2, -0.15) is 5.10 Å². The van der Waals surface area contributed by atoms with E-state index in [1.807, 2.05) is 11.7 Å². The Morgan fingerprint density at radius 3 is 2.85 bits per heavy atom. The molecule has 1 aromatic heterocycles. The average Bonchev–Trinajstić information content (AvgIpc) is 2.44. The third-order valence-electron chi connectivity index (χ3n) is 2.13. The van der Waals surface area contributed by atoms with Crippen LogP contribution in [0.15, 0.2) is 6.20 Å². The standard InChI is InChI=1S/C10H19N3/c1-3-5-9-8-13(2)12-10(9)6-4-7-11/h8H,3-7,11H2,1-2H3. The van der Waals surface area contributed by atoms with Crippen molar-refractivity contribution in [2.24, 2.45) is 12.8 Å². The van der Waals surface area contributed by atoms with Crippen LogP contribution < -0.4 is 5.73 Å². The molecule has 0 aliphatic carbocycles. The number of nitrogens with two attached hydrogens (primary N) is 1. The van der Waals surface area contributed by atoms with E-state index >= 15 is 0 Å². The summed E-state index contributed by atoms with van der Waals surface area (Å²) in [6.45, 7) is 2.95. The summed E-state index contributed by atoms with van der Waals surface area (Å²) >= 11 is 0. The molecule has 1 heterocycles. The molecule has 2 N–H and O–H groups in total. The summed E-state index contributed by atoms with van der Waals surface area (Å²) in [5, 5.41) is 4.43. The fraction of sp³-hybridized carbons (Fsp3) is 0.700. The van der Waals surface area contributed by atoms with Gasteiger partial charge in [0.15, 0.2) is 0 Å². The molecule has 0 saturated carbocycles. The Labute approximate surface area is 79.9 Å². The zero-order valence-corrected chi connectivity index (χ0v) is 8.58. The van der Waals surface area contributed by atoms with Crippen LogP contribution in [0, 0.1) is 0 Å². The normalized spacial score (nSPS) is 10.7. The Morgan fingerprint density at radius 2 is 2.23 bits per heavy atom. The van der Waals surface area contributed by atoms with Crippen LogP contribution in [0.3, 0.4) is 0 Å². The fourth-order valence-corrected chi connectivity index (χ4v) is 1.54. The molecule has 0 unspecified atom stereocenters. The summed E-state index contributed by atoms with van der Waals surface area (Å²) < 4.78 is 1.90. The van der Waals surface area contributed by atoms with E-state index in [9.17, 15) is 0 Å². The van der Waals surface area contributed by atoms with Gasteiger partial charge in [-0.05, 0) is 31.4 Å². The minimum absolute atomic E-state index is 0.752. The number of hydrogen-bond donors (Lipinski definition) is 1. The first-order valence-corrected chi connectivity index (χ1v) is 4.99. The lowest BCUT2D eigenvalue weighted by molar-refractivity contribution is 0.722. The highest BCUT2D eigenvalue weighted by Gasteiger charge is 2.05. The van der Waals surface area contributed by atoms with Crippen LogP contribution in [0.4, 0.5) is 0 Å². The fourth-order valence-electron chi connectivity index (χ4n) is 1.54. The summed E-state index contributed by atoms with van der Waals surface area (Å²) in [6, 6.07) is 0. The topological polar surface area (TPSA) is 43.8 Å². The second-order valence-corrected chi connectivity index (χ2v) is 3.42. The van der Waals surface area contributed by atoms with E-state index in [0.29, 0.717) is 0 Å². The molecule has 0 aliphatic heterocycles. The highest BCUT2D eigenvalue weighted by Crippen LogP contribution is 2.10. The van der Waals surface area contributed by atoms with Crippen molar-refractivity contribution in [3.63, 3.8) is 0 Å². The zero-order valence-electron chi connectivity index (χ0n) is 8.58. The van der Waals surface area contributed by atoms with Crippen molar-refractivity contribution in [3.8, 4) is 0 Å². The summed E-state index contributed by atoms with van der Waals surface area (Å²) in [5.74, 6) is 0. The summed E-state index contributed by atoms with van der Waals surface area (Å²) in [4.78, 5) is 0. The van der Waals surface area contributed by atoms with E-state index in [-0.39, 0.29) is 0 Å². The van der Waals surface area contributed by atoms with Gasteiger partial charge in [-0.1, -0.05) is 13.3 Å². The monoisotopic (exact) mass is 181 g/mol. The van der Waals surface area contributed by atoms with Gasteiger partial charge in [0.1, 0.15) is 0 Å². The lowest BCUT2D eigenvalue weighted by Gasteiger charge is -1.98. The molecule has 0 spiro atoms. The van der Waals surface area contributed by atoms with Crippen LogP contribution >= 0.6 is 0 Å². The van der Waals surface area contributed by atoms with Crippen LogP contribution in [0.1, 0.15) is 31.0 Å². The summed E-state index contributed by atoms with van der Waals surface area (Å²) in [6.07, 6.45) is 6.49. The molecule has 0 amide bonds. The highest BCUT2D eigenvalue weighted by atomic mass is 15.2. The molecule has 13 heavy (non-hydrogen) atoms. The minimum Gasteiger partial charge on any atom is -0.330 e. The van der Waals surface area contributed by atoms with Crippen molar-refractivity contribution in [1.29, 1.82) is 0 Å². The first-order valence-electron chi connectivity index (χ1n) is 4.99. The number of nitrogens with zero attached hydrogens (tertiary/aromatic N) is 2. The zero-order chi connectivity index (χ0) is 9.68. The van der Waals surface area contributed by atoms with Crippen molar-refractivity contribution < 1.29 is 0 Å². The molecule has 0 saturated heterocycles. The van der Waals surface area contributed by atoms with Crippen molar-refractivity contribution in [1.82, 2.24) is 9.78 Å². The van der Waals surface area contributed by atoms with E-state index in [2.05, 4.69) is 18.2 Å². The quantitative estimate of drug-likeness (QED) is 0.743. The molecular weight excluding hydrogens is 162 g/mol. The Balaban J connectivity index is 2.66. The smallest absolute Gasteiger partial charge is 0.0656 e. The molecule has 1 aromatic rings. The van der Waals surface area contributed by atoms with Gasteiger partial charge in [0, 0.05) is 13.2 Å². The minimum atomic E-state index is 0.752. The second-order valence-electron chi connectivity index (χ2n) is 3.42. The third-order valence-corrected chi connectivity index (χ3v) is 2.13. The lowest BCUT2D eigenvalue weighted by Crippen LogP contribution is -2.02. The Kier molecular flexibility index (Phi) is 3.96. The molecule has 3 heteroatoms. The molecule has 0 fully saturated rings. The average molecular weight is 181 g/mol. The van der Waals surface area contributed by atoms with Gasteiger partial charge in [-0.3, -0.25) is 4.68 Å². The van der Waals surface area contributed by atoms with Crippen molar-refractivity contribution in [3.05, 3.63) is 17.5 Å². The van der Waals surface area contributed by atoms with Crippen LogP contribution in [-0.4, -0.2) is 16.3 Å². The molecule has 0 atom stereocenters. The van der Waals surface area contributed by atoms with Gasteiger partial charge in [-0.15, -0.1) is 0 Å². The second kappa shape index (κ2) is 5.02. The van der Waals surface area contributed by atoms with Gasteiger partial charge in [-0.25, -0.2) is 0 Å². The molecule has 0 bridgehead atoms. The molecule has 0 aliphatic rings. The Morgan fingerprint density at radius 1 is 1.46 bits per heavy atom. The van der Waals surface area contributed by atoms with Gasteiger partial charge in [0.2, 0.25) is 0 Å². The molecule has 0 aromatic carbocycles. The molecule has 1 rings (SSSR count). The number of hydrogen-bond acceptors (Lipinski definition) is 2. The molecule has 74 valence electrons. The Hall–Kier alpha value is -0.830. The summed E-state index contributed by atoms with van der Waals surface area (Å²) in [7, 11) is 1.98. The van der Waals surface area contributed by atoms with Gasteiger partial charge in [0.25, 0.3) is 0 Å². The van der Waals surface area contributed by atoms with E-state index in [0.717, 1.165) is 25.8 Å². The van der Waals surface area contributed by atoms with Crippen molar-refractivity contribution in [2.45, 2.75) is 32.6 Å². The van der Waals surface area contributed by atoms with Crippen molar-refractivity contribution in [2.75, 3.05) is 6.54 Å². The van der Waals surface area contributed by atoms with E-state index < -0.39 is 0 Å². The molecular formula is C10H19N3. The predicted octanol–water partition coefficient (Wildman–Crippen LogP) is 1.26. The highest BCUT2D eigenvalue weighted by molar-refractivity contribution is 5.17. The molecule has 0 radical (unpaired) electrons. The number of aryl methyl sites for hydroxylation is 3. The first-order chi connectivity index (χ1) is 6.27. The Bertz CT molecular complexity index is 253. The van der Waals surface area contributed by atoms with Crippen LogP contribution in [0.25, 0.3) is 0 Å². The van der Waals surface area contributed by atoms with Crippen LogP contribution in [0.5, 0.6) is 0 Å². The van der Waals surface area contributed by atoms with Gasteiger partial charge >= 0.3 is 0 Å². The maximum Gasteiger partial charge on any atom is 0.0656 e. The molecule has 3 nitrogen and oxygen atoms in total. The van der Waals surface area contributed by atoms with Crippen molar-refractivity contribution >= 4 is 0 Å². The number of rotatable bonds is 5. The van der Waals surface area contributed by atoms with E-state index in [4.69, 9.17) is 5.73 Å². The van der Waals surface area contributed by atoms with Gasteiger partial charge in [0.05, 0.1) is 5.69 Å². The maximum atomic E-state index is 5.47. The third kappa shape index (κ3) is 2.84. The van der Waals surface area contributed by atoms with E-state index in [1.165, 1.54) is 17.7 Å². The lowest BCUT2D eigenvalue weighted by atomic mass is 10.1. The van der Waals surface area contributed by atoms with Crippen LogP contribution in [-0.2, 0) is 19.9 Å². The van der Waals surface area contributed by atoms with E-state index in [1.54, 1.807) is 0 Å². The largest absolute Gasteiger partial charge is 0.330 e. The summed E-state index contributed by atoms with van der Waals surface area (Å²) in [5.41, 5.74) is 8.09. The maximum absolute atomic E-state index is 5.47. The van der Waals surface area contributed by atoms with Crippen LogP contribution in [0.2, 0.25) is 0 Å². The SMILES string of the molecule is CCCc1cn(C)nc1CCCN. The van der Waals surface area contributed by atoms with Gasteiger partial charge < -0.3 is 5.73 Å². The predicted molar refractivity (Wildman–Crippen MR) is 54.6 cm³/mol. The number of aromatic nitrogens is 2.